The van der Waals surface area contributed by atoms with Crippen LogP contribution in [0.4, 0.5) is 0 Å². The van der Waals surface area contributed by atoms with Crippen LogP contribution in [0.5, 0.6) is 0 Å². The van der Waals surface area contributed by atoms with Gasteiger partial charge in [0, 0.05) is 16.7 Å². The summed E-state index contributed by atoms with van der Waals surface area (Å²) in [5, 5.41) is 2.30. The van der Waals surface area contributed by atoms with E-state index in [1.807, 2.05) is 18.2 Å². The van der Waals surface area contributed by atoms with Gasteiger partial charge in [-0.3, -0.25) is 0 Å². The first-order valence-corrected chi connectivity index (χ1v) is 23.7. The molecule has 0 radical (unpaired) electrons. The maximum atomic E-state index is 7.21. The minimum absolute atomic E-state index is 0.119. The SMILES string of the molecule is CC[N+](CC)(CCSc1nc(SCC[N+](CC)(CC)C(Cl)c2ccccc2)nc(SCC[N+](CC)(CC)C(Cl)c2ccccc2)n1)C(Cl)c1ccccc1. The predicted octanol–water partition coefficient (Wildman–Crippen LogP) is 11.5. The van der Waals surface area contributed by atoms with Crippen LogP contribution in [0, 0.1) is 0 Å². The van der Waals surface area contributed by atoms with Crippen molar-refractivity contribution in [2.45, 2.75) is 73.5 Å². The van der Waals surface area contributed by atoms with Crippen molar-refractivity contribution in [3.63, 3.8) is 0 Å². The molecule has 0 aliphatic heterocycles. The van der Waals surface area contributed by atoms with Gasteiger partial charge in [0.15, 0.2) is 32.0 Å². The lowest BCUT2D eigenvalue weighted by molar-refractivity contribution is -0.939. The molecule has 0 saturated carbocycles. The number of nitrogens with zero attached hydrogens (tertiary/aromatic N) is 6. The third-order valence-corrected chi connectivity index (χ3v) is 15.8. The highest BCUT2D eigenvalue weighted by Crippen LogP contribution is 2.36. The van der Waals surface area contributed by atoms with Gasteiger partial charge in [0.2, 0.25) is 0 Å². The molecule has 3 aromatic carbocycles. The van der Waals surface area contributed by atoms with E-state index >= 15 is 0 Å². The second-order valence-corrected chi connectivity index (χ2v) is 18.1. The first kappa shape index (κ1) is 45.2. The maximum Gasteiger partial charge on any atom is 0.192 e. The van der Waals surface area contributed by atoms with Crippen LogP contribution in [0.1, 0.15) is 74.7 Å². The number of hydrogen-bond acceptors (Lipinski definition) is 6. The number of quaternary nitrogens is 3. The van der Waals surface area contributed by atoms with E-state index in [4.69, 9.17) is 49.8 Å². The van der Waals surface area contributed by atoms with Gasteiger partial charge in [-0.15, -0.1) is 0 Å². The van der Waals surface area contributed by atoms with Crippen LogP contribution in [0.2, 0.25) is 0 Å². The van der Waals surface area contributed by atoms with Crippen molar-refractivity contribution in [2.75, 3.05) is 76.2 Å². The van der Waals surface area contributed by atoms with Gasteiger partial charge in [-0.1, -0.05) is 161 Å². The second-order valence-electron chi connectivity index (χ2n) is 13.7. The number of thioether (sulfide) groups is 3. The fourth-order valence-corrected chi connectivity index (χ4v) is 11.7. The van der Waals surface area contributed by atoms with Crippen molar-refractivity contribution in [1.82, 2.24) is 15.0 Å². The molecule has 12 heteroatoms. The fourth-order valence-electron chi connectivity index (χ4n) is 7.18. The van der Waals surface area contributed by atoms with E-state index in [9.17, 15) is 0 Å². The van der Waals surface area contributed by atoms with Crippen LogP contribution in [-0.4, -0.2) is 105 Å². The lowest BCUT2D eigenvalue weighted by Crippen LogP contribution is -2.50. The van der Waals surface area contributed by atoms with Crippen LogP contribution in [-0.2, 0) is 0 Å². The average molecular weight is 852 g/mol. The molecule has 54 heavy (non-hydrogen) atoms. The van der Waals surface area contributed by atoms with Gasteiger partial charge >= 0.3 is 0 Å². The molecule has 3 unspecified atom stereocenters. The number of alkyl halides is 3. The van der Waals surface area contributed by atoms with Gasteiger partial charge in [-0.25, -0.2) is 0 Å². The smallest absolute Gasteiger partial charge is 0.192 e. The summed E-state index contributed by atoms with van der Waals surface area (Å²) in [5.74, 6) is 2.55. The zero-order valence-electron chi connectivity index (χ0n) is 32.9. The van der Waals surface area contributed by atoms with Gasteiger partial charge < -0.3 is 13.4 Å². The van der Waals surface area contributed by atoms with Crippen molar-refractivity contribution >= 4 is 70.1 Å². The molecule has 0 spiro atoms. The summed E-state index contributed by atoms with van der Waals surface area (Å²) in [6.45, 7) is 21.8. The van der Waals surface area contributed by atoms with E-state index in [0.717, 1.165) is 122 Å². The summed E-state index contributed by atoms with van der Waals surface area (Å²) < 4.78 is 2.37. The van der Waals surface area contributed by atoms with Crippen molar-refractivity contribution in [3.8, 4) is 0 Å². The van der Waals surface area contributed by atoms with Crippen LogP contribution in [0.3, 0.4) is 0 Å². The van der Waals surface area contributed by atoms with E-state index < -0.39 is 0 Å². The largest absolute Gasteiger partial charge is 0.304 e. The van der Waals surface area contributed by atoms with E-state index in [0.29, 0.717) is 0 Å². The highest BCUT2D eigenvalue weighted by molar-refractivity contribution is 8.00. The zero-order valence-corrected chi connectivity index (χ0v) is 37.6. The zero-order chi connectivity index (χ0) is 39.0. The maximum absolute atomic E-state index is 7.21. The van der Waals surface area contributed by atoms with E-state index in [1.165, 1.54) is 0 Å². The minimum Gasteiger partial charge on any atom is -0.304 e. The first-order chi connectivity index (χ1) is 26.1. The van der Waals surface area contributed by atoms with Gasteiger partial charge in [0.05, 0.1) is 76.2 Å². The molecule has 4 rings (SSSR count). The quantitative estimate of drug-likeness (QED) is 0.0303. The topological polar surface area (TPSA) is 38.7 Å². The van der Waals surface area contributed by atoms with Crippen molar-refractivity contribution in [3.05, 3.63) is 108 Å². The summed E-state index contributed by atoms with van der Waals surface area (Å²) in [4.78, 5) is 15.1. The Labute approximate surface area is 353 Å². The molecule has 0 aliphatic carbocycles. The fraction of sp³-hybridized carbons (Fsp3) is 0.500. The summed E-state index contributed by atoms with van der Waals surface area (Å²) in [6, 6.07) is 31.4. The first-order valence-electron chi connectivity index (χ1n) is 19.4. The molecule has 1 aromatic heterocycles. The molecule has 4 aromatic rings. The average Bonchev–Trinajstić information content (AvgIpc) is 3.23. The van der Waals surface area contributed by atoms with Crippen LogP contribution in [0.15, 0.2) is 106 Å². The molecular weight excluding hydrogens is 791 g/mol. The standard InChI is InChI=1S/C42H60Cl3N6S3/c1-7-49(8-2,37(43)34-22-16-13-17-23-34)28-31-52-40-46-41(53-32-29-50(9-3,10-4)38(44)35-24-18-14-19-25-35)48-42(47-40)54-33-30-51(11-5,12-6)39(45)36-26-20-15-21-27-36/h13-27,37-39H,7-12,28-33H2,1-6H3/q+3. The van der Waals surface area contributed by atoms with Crippen molar-refractivity contribution in [2.24, 2.45) is 0 Å². The van der Waals surface area contributed by atoms with Gasteiger partial charge in [-0.2, -0.15) is 15.0 Å². The molecule has 294 valence electrons. The third kappa shape index (κ3) is 11.5. The Morgan fingerprint density at radius 2 is 0.630 bits per heavy atom. The summed E-state index contributed by atoms with van der Waals surface area (Å²) >= 11 is 26.8. The van der Waals surface area contributed by atoms with E-state index in [2.05, 4.69) is 114 Å². The van der Waals surface area contributed by atoms with Gasteiger partial charge in [0.1, 0.15) is 0 Å². The Morgan fingerprint density at radius 1 is 0.407 bits per heavy atom. The third-order valence-electron chi connectivity index (χ3n) is 11.3. The van der Waals surface area contributed by atoms with Crippen LogP contribution >= 0.6 is 70.1 Å². The van der Waals surface area contributed by atoms with Crippen LogP contribution < -0.4 is 0 Å². The van der Waals surface area contributed by atoms with Crippen LogP contribution in [0.25, 0.3) is 0 Å². The molecule has 1 heterocycles. The Morgan fingerprint density at radius 3 is 0.833 bits per heavy atom. The molecule has 6 nitrogen and oxygen atoms in total. The molecule has 0 fully saturated rings. The van der Waals surface area contributed by atoms with Gasteiger partial charge in [-0.05, 0) is 41.5 Å². The molecular formula is C42H60Cl3N6S3+3. The lowest BCUT2D eigenvalue weighted by Gasteiger charge is -2.41. The lowest BCUT2D eigenvalue weighted by atomic mass is 10.1. The summed E-state index contributed by atoms with van der Waals surface area (Å²) in [5.41, 5.74) is 3.12. The minimum atomic E-state index is -0.119. The summed E-state index contributed by atoms with van der Waals surface area (Å²) in [6.07, 6.45) is 0. The summed E-state index contributed by atoms with van der Waals surface area (Å²) in [7, 11) is 0. The number of halogens is 3. The number of rotatable bonds is 24. The van der Waals surface area contributed by atoms with E-state index in [-0.39, 0.29) is 16.5 Å². The number of hydrogen-bond donors (Lipinski definition) is 0. The highest BCUT2D eigenvalue weighted by atomic mass is 35.5. The molecule has 0 amide bonds. The molecule has 0 saturated heterocycles. The Hall–Kier alpha value is -1.53. The Kier molecular flexibility index (Phi) is 18.8. The normalized spacial score (nSPS) is 14.2. The van der Waals surface area contributed by atoms with Gasteiger partial charge in [0.25, 0.3) is 0 Å². The number of aromatic nitrogens is 3. The Balaban J connectivity index is 1.53. The highest BCUT2D eigenvalue weighted by Gasteiger charge is 2.36. The molecule has 0 N–H and O–H groups in total. The predicted molar refractivity (Wildman–Crippen MR) is 236 cm³/mol. The van der Waals surface area contributed by atoms with Crippen molar-refractivity contribution < 1.29 is 13.4 Å². The monoisotopic (exact) mass is 849 g/mol. The Bertz CT molecular complexity index is 1440. The molecule has 0 aliphatic rings. The van der Waals surface area contributed by atoms with Crippen molar-refractivity contribution in [1.29, 1.82) is 0 Å². The number of benzene rings is 3. The second kappa shape index (κ2) is 22.4. The van der Waals surface area contributed by atoms with E-state index in [1.54, 1.807) is 35.3 Å². The molecule has 3 atom stereocenters. The molecule has 0 bridgehead atoms.